The highest BCUT2D eigenvalue weighted by molar-refractivity contribution is 6.30. The summed E-state index contributed by atoms with van der Waals surface area (Å²) in [5, 5.41) is 3.57. The molecule has 120 valence electrons. The number of ether oxygens (including phenoxy) is 1. The lowest BCUT2D eigenvalue weighted by Gasteiger charge is -2.14. The zero-order chi connectivity index (χ0) is 16.4. The van der Waals surface area contributed by atoms with Gasteiger partial charge < -0.3 is 15.0 Å². The van der Waals surface area contributed by atoms with Crippen molar-refractivity contribution in [3.05, 3.63) is 52.7 Å². The highest BCUT2D eigenvalue weighted by Crippen LogP contribution is 2.31. The van der Waals surface area contributed by atoms with Gasteiger partial charge in [0.2, 0.25) is 0 Å². The molecule has 1 aromatic heterocycles. The summed E-state index contributed by atoms with van der Waals surface area (Å²) in [5.41, 5.74) is 1.96. The largest absolute Gasteiger partial charge is 0.480 e. The van der Waals surface area contributed by atoms with Crippen LogP contribution in [-0.2, 0) is 17.8 Å². The third kappa shape index (κ3) is 3.56. The number of nitrogens with zero attached hydrogens (tertiary/aromatic N) is 2. The maximum atomic E-state index is 12.3. The topological polar surface area (TPSA) is 54.5 Å². The van der Waals surface area contributed by atoms with E-state index >= 15 is 0 Å². The Morgan fingerprint density at radius 3 is 3.00 bits per heavy atom. The molecule has 1 aliphatic rings. The van der Waals surface area contributed by atoms with Gasteiger partial charge in [0.25, 0.3) is 5.91 Å². The van der Waals surface area contributed by atoms with Crippen LogP contribution in [0, 0.1) is 0 Å². The third-order valence-corrected chi connectivity index (χ3v) is 3.96. The van der Waals surface area contributed by atoms with E-state index < -0.39 is 6.10 Å². The number of benzene rings is 1. The SMILES string of the molecule is CN(C)c1cc(CNC(=O)C2Cc3cc(Cl)ccc3O2)ccn1. The standard InChI is InChI=1S/C17H18ClN3O2/c1-21(2)16-7-11(5-6-19-16)10-20-17(22)15-9-12-8-13(18)3-4-14(12)23-15/h3-8,15H,9-10H2,1-2H3,(H,20,22). The summed E-state index contributed by atoms with van der Waals surface area (Å²) in [4.78, 5) is 18.5. The van der Waals surface area contributed by atoms with Crippen LogP contribution in [0.5, 0.6) is 5.75 Å². The molecule has 5 nitrogen and oxygen atoms in total. The predicted molar refractivity (Wildman–Crippen MR) is 90.0 cm³/mol. The van der Waals surface area contributed by atoms with Crippen LogP contribution >= 0.6 is 11.6 Å². The lowest BCUT2D eigenvalue weighted by Crippen LogP contribution is -2.37. The highest BCUT2D eigenvalue weighted by Gasteiger charge is 2.28. The molecule has 1 aromatic carbocycles. The second-order valence-corrected chi connectivity index (χ2v) is 6.13. The first-order chi connectivity index (χ1) is 11.0. The van der Waals surface area contributed by atoms with E-state index in [9.17, 15) is 4.79 Å². The molecule has 23 heavy (non-hydrogen) atoms. The van der Waals surface area contributed by atoms with Gasteiger partial charge in [0.1, 0.15) is 11.6 Å². The maximum absolute atomic E-state index is 12.3. The van der Waals surface area contributed by atoms with E-state index in [2.05, 4.69) is 10.3 Å². The van der Waals surface area contributed by atoms with Crippen molar-refractivity contribution < 1.29 is 9.53 Å². The van der Waals surface area contributed by atoms with Crippen molar-refractivity contribution in [3.8, 4) is 5.75 Å². The first-order valence-electron chi connectivity index (χ1n) is 7.38. The smallest absolute Gasteiger partial charge is 0.261 e. The van der Waals surface area contributed by atoms with E-state index in [-0.39, 0.29) is 5.91 Å². The molecule has 0 aliphatic carbocycles. The van der Waals surface area contributed by atoms with Gasteiger partial charge in [-0.05, 0) is 41.5 Å². The summed E-state index contributed by atoms with van der Waals surface area (Å²) in [7, 11) is 3.86. The number of anilines is 1. The molecule has 0 saturated carbocycles. The Morgan fingerprint density at radius 2 is 2.22 bits per heavy atom. The number of pyridine rings is 1. The molecular formula is C17H18ClN3O2. The summed E-state index contributed by atoms with van der Waals surface area (Å²) < 4.78 is 5.68. The number of amides is 1. The Kier molecular flexibility index (Phi) is 4.39. The molecular weight excluding hydrogens is 314 g/mol. The Labute approximate surface area is 140 Å². The molecule has 6 heteroatoms. The van der Waals surface area contributed by atoms with Crippen LogP contribution < -0.4 is 15.0 Å². The normalized spacial score (nSPS) is 15.7. The van der Waals surface area contributed by atoms with Gasteiger partial charge in [-0.25, -0.2) is 4.98 Å². The summed E-state index contributed by atoms with van der Waals surface area (Å²) in [6, 6.07) is 9.25. The molecule has 1 unspecified atom stereocenters. The van der Waals surface area contributed by atoms with Crippen molar-refractivity contribution in [3.63, 3.8) is 0 Å². The molecule has 3 rings (SSSR count). The van der Waals surface area contributed by atoms with Crippen molar-refractivity contribution >= 4 is 23.3 Å². The molecule has 0 fully saturated rings. The molecule has 1 N–H and O–H groups in total. The fourth-order valence-electron chi connectivity index (χ4n) is 2.48. The van der Waals surface area contributed by atoms with Crippen LogP contribution in [0.4, 0.5) is 5.82 Å². The average molecular weight is 332 g/mol. The average Bonchev–Trinajstić information content (AvgIpc) is 2.96. The van der Waals surface area contributed by atoms with Crippen LogP contribution in [0.3, 0.4) is 0 Å². The number of hydrogen-bond acceptors (Lipinski definition) is 4. The molecule has 0 bridgehead atoms. The Bertz CT molecular complexity index is 734. The monoisotopic (exact) mass is 331 g/mol. The van der Waals surface area contributed by atoms with Crippen molar-refractivity contribution in [2.45, 2.75) is 19.1 Å². The highest BCUT2D eigenvalue weighted by atomic mass is 35.5. The minimum atomic E-state index is -0.501. The number of carbonyl (C=O) groups is 1. The summed E-state index contributed by atoms with van der Waals surface area (Å²) >= 11 is 5.97. The zero-order valence-corrected chi connectivity index (χ0v) is 13.8. The summed E-state index contributed by atoms with van der Waals surface area (Å²) in [6.07, 6.45) is 1.78. The fraction of sp³-hybridized carbons (Fsp3) is 0.294. The first-order valence-corrected chi connectivity index (χ1v) is 7.76. The van der Waals surface area contributed by atoms with Crippen molar-refractivity contribution in [1.82, 2.24) is 10.3 Å². The predicted octanol–water partition coefficient (Wildman–Crippen LogP) is 2.42. The fourth-order valence-corrected chi connectivity index (χ4v) is 2.68. The second-order valence-electron chi connectivity index (χ2n) is 5.70. The van der Waals surface area contributed by atoms with Crippen molar-refractivity contribution in [1.29, 1.82) is 0 Å². The van der Waals surface area contributed by atoms with Gasteiger partial charge in [0.05, 0.1) is 0 Å². The molecule has 0 spiro atoms. The van der Waals surface area contributed by atoms with Gasteiger partial charge in [-0.2, -0.15) is 0 Å². The van der Waals surface area contributed by atoms with Gasteiger partial charge in [-0.3, -0.25) is 4.79 Å². The van der Waals surface area contributed by atoms with E-state index in [1.54, 1.807) is 18.3 Å². The Morgan fingerprint density at radius 1 is 1.39 bits per heavy atom. The molecule has 1 atom stereocenters. The molecule has 1 amide bonds. The summed E-state index contributed by atoms with van der Waals surface area (Å²) in [6.45, 7) is 0.444. The minimum Gasteiger partial charge on any atom is -0.480 e. The number of rotatable bonds is 4. The van der Waals surface area contributed by atoms with Gasteiger partial charge in [-0.15, -0.1) is 0 Å². The zero-order valence-electron chi connectivity index (χ0n) is 13.0. The van der Waals surface area contributed by atoms with E-state index in [1.165, 1.54) is 0 Å². The van der Waals surface area contributed by atoms with Crippen LogP contribution in [0.15, 0.2) is 36.5 Å². The third-order valence-electron chi connectivity index (χ3n) is 3.72. The number of carbonyl (C=O) groups excluding carboxylic acids is 1. The first kappa shape index (κ1) is 15.6. The lowest BCUT2D eigenvalue weighted by molar-refractivity contribution is -0.127. The minimum absolute atomic E-state index is 0.125. The van der Waals surface area contributed by atoms with Gasteiger partial charge in [0, 0.05) is 38.3 Å². The van der Waals surface area contributed by atoms with Gasteiger partial charge in [0.15, 0.2) is 6.10 Å². The number of halogens is 1. The van der Waals surface area contributed by atoms with Crippen LogP contribution in [0.25, 0.3) is 0 Å². The second kappa shape index (κ2) is 6.46. The summed E-state index contributed by atoms with van der Waals surface area (Å²) in [5.74, 6) is 1.46. The molecule has 1 aliphatic heterocycles. The van der Waals surface area contributed by atoms with Gasteiger partial charge >= 0.3 is 0 Å². The quantitative estimate of drug-likeness (QED) is 0.935. The maximum Gasteiger partial charge on any atom is 0.261 e. The Balaban J connectivity index is 1.60. The molecule has 0 saturated heterocycles. The van der Waals surface area contributed by atoms with E-state index in [1.807, 2.05) is 37.2 Å². The lowest BCUT2D eigenvalue weighted by atomic mass is 10.1. The van der Waals surface area contributed by atoms with Crippen molar-refractivity contribution in [2.75, 3.05) is 19.0 Å². The van der Waals surface area contributed by atoms with E-state index in [4.69, 9.17) is 16.3 Å². The molecule has 0 radical (unpaired) electrons. The number of aromatic nitrogens is 1. The number of nitrogens with one attached hydrogen (secondary N) is 1. The van der Waals surface area contributed by atoms with E-state index in [0.29, 0.717) is 18.0 Å². The molecule has 2 aromatic rings. The van der Waals surface area contributed by atoms with Gasteiger partial charge in [-0.1, -0.05) is 11.6 Å². The van der Waals surface area contributed by atoms with Crippen LogP contribution in [-0.4, -0.2) is 31.1 Å². The van der Waals surface area contributed by atoms with Crippen molar-refractivity contribution in [2.24, 2.45) is 0 Å². The van der Waals surface area contributed by atoms with Crippen LogP contribution in [0.2, 0.25) is 5.02 Å². The molecule has 2 heterocycles. The van der Waals surface area contributed by atoms with Crippen LogP contribution in [0.1, 0.15) is 11.1 Å². The Hall–Kier alpha value is -2.27. The number of fused-ring (bicyclic) bond motifs is 1. The number of hydrogen-bond donors (Lipinski definition) is 1. The van der Waals surface area contributed by atoms with E-state index in [0.717, 1.165) is 22.7 Å².